The molecule has 1 saturated heterocycles. The molecule has 3 rings (SSSR count). The van der Waals surface area contributed by atoms with Crippen molar-refractivity contribution in [3.63, 3.8) is 0 Å². The van der Waals surface area contributed by atoms with Crippen LogP contribution in [0.1, 0.15) is 24.1 Å². The van der Waals surface area contributed by atoms with Crippen LogP contribution in [0.5, 0.6) is 0 Å². The first-order valence-corrected chi connectivity index (χ1v) is 8.85. The second-order valence-electron chi connectivity index (χ2n) is 5.89. The van der Waals surface area contributed by atoms with Crippen molar-refractivity contribution >= 4 is 29.2 Å². The summed E-state index contributed by atoms with van der Waals surface area (Å²) in [6.45, 7) is 4.43. The Morgan fingerprint density at radius 1 is 1.26 bits per heavy atom. The lowest BCUT2D eigenvalue weighted by atomic mass is 9.84. The van der Waals surface area contributed by atoms with Crippen LogP contribution in [0.2, 0.25) is 6.82 Å². The summed E-state index contributed by atoms with van der Waals surface area (Å²) in [5, 5.41) is 11.1. The molecule has 0 aliphatic carbocycles. The van der Waals surface area contributed by atoms with E-state index in [1.54, 1.807) is 30.3 Å². The smallest absolute Gasteiger partial charge is 0.409 e. The van der Waals surface area contributed by atoms with Crippen LogP contribution in [-0.2, 0) is 6.54 Å². The number of rotatable bonds is 5. The summed E-state index contributed by atoms with van der Waals surface area (Å²) in [5.41, 5.74) is 0.800. The maximum absolute atomic E-state index is 13.1. The van der Waals surface area contributed by atoms with Gasteiger partial charge in [0.25, 0.3) is 0 Å². The molecule has 0 bridgehead atoms. The molecule has 2 heterocycles. The number of thiazole rings is 1. The van der Waals surface area contributed by atoms with Crippen molar-refractivity contribution in [2.45, 2.75) is 32.6 Å². The first kappa shape index (κ1) is 16.3. The molecule has 1 aliphatic rings. The Bertz CT molecular complexity index is 629. The second kappa shape index (κ2) is 7.32. The van der Waals surface area contributed by atoms with Crippen molar-refractivity contribution in [2.75, 3.05) is 22.8 Å². The third kappa shape index (κ3) is 4.03. The average Bonchev–Trinajstić information content (AvgIpc) is 3.03. The van der Waals surface area contributed by atoms with Gasteiger partial charge in [0.1, 0.15) is 5.82 Å². The maximum Gasteiger partial charge on any atom is 0.409 e. The number of halogens is 1. The Hall–Kier alpha value is -1.60. The van der Waals surface area contributed by atoms with Crippen molar-refractivity contribution in [1.82, 2.24) is 4.98 Å². The van der Waals surface area contributed by atoms with E-state index >= 15 is 0 Å². The van der Waals surface area contributed by atoms with Gasteiger partial charge in [0, 0.05) is 36.4 Å². The topological polar surface area (TPSA) is 39.6 Å². The van der Waals surface area contributed by atoms with Gasteiger partial charge in [-0.3, -0.25) is 0 Å². The van der Waals surface area contributed by atoms with Gasteiger partial charge in [-0.1, -0.05) is 0 Å². The molecular formula is C16H21BFN3OS. The summed E-state index contributed by atoms with van der Waals surface area (Å²) in [7, 11) is -0.652. The maximum atomic E-state index is 13.1. The first-order valence-electron chi connectivity index (χ1n) is 8.03. The van der Waals surface area contributed by atoms with E-state index in [1.807, 2.05) is 11.0 Å². The van der Waals surface area contributed by atoms with Gasteiger partial charge < -0.3 is 14.7 Å². The van der Waals surface area contributed by atoms with Crippen LogP contribution in [0, 0.1) is 5.82 Å². The van der Waals surface area contributed by atoms with Gasteiger partial charge in [-0.25, -0.2) is 9.37 Å². The summed E-state index contributed by atoms with van der Waals surface area (Å²) in [6.07, 6.45) is 5.64. The number of benzene rings is 1. The SMILES string of the molecule is CB(O)N(Cc1cnc(N2CCCCC2)s1)c1ccc(F)cc1. The van der Waals surface area contributed by atoms with Crippen molar-refractivity contribution in [2.24, 2.45) is 0 Å². The molecule has 1 aromatic carbocycles. The monoisotopic (exact) mass is 333 g/mol. The Morgan fingerprint density at radius 3 is 2.61 bits per heavy atom. The minimum Gasteiger partial charge on any atom is -0.432 e. The van der Waals surface area contributed by atoms with Crippen LogP contribution < -0.4 is 9.71 Å². The molecule has 1 aromatic heterocycles. The van der Waals surface area contributed by atoms with Crippen LogP contribution in [0.15, 0.2) is 30.5 Å². The molecule has 0 atom stereocenters. The largest absolute Gasteiger partial charge is 0.432 e. The van der Waals surface area contributed by atoms with Gasteiger partial charge in [0.2, 0.25) is 0 Å². The number of hydrogen-bond donors (Lipinski definition) is 1. The van der Waals surface area contributed by atoms with Gasteiger partial charge in [-0.15, -0.1) is 11.3 Å². The molecule has 1 aliphatic heterocycles. The van der Waals surface area contributed by atoms with E-state index in [1.165, 1.54) is 31.4 Å². The van der Waals surface area contributed by atoms with Crippen molar-refractivity contribution in [1.29, 1.82) is 0 Å². The lowest BCUT2D eigenvalue weighted by Crippen LogP contribution is -2.36. The normalized spacial score (nSPS) is 14.8. The standard InChI is InChI=1S/C16H21BFN3OS/c1-17(22)21(14-7-5-13(18)6-8-14)12-15-11-19-16(23-15)20-9-3-2-4-10-20/h5-8,11,22H,2-4,9-10,12H2,1H3. The van der Waals surface area contributed by atoms with E-state index in [0.29, 0.717) is 6.54 Å². The van der Waals surface area contributed by atoms with Crippen LogP contribution in [0.25, 0.3) is 0 Å². The van der Waals surface area contributed by atoms with Crippen LogP contribution in [0.3, 0.4) is 0 Å². The summed E-state index contributed by atoms with van der Waals surface area (Å²) < 4.78 is 13.1. The lowest BCUT2D eigenvalue weighted by Gasteiger charge is -2.26. The summed E-state index contributed by atoms with van der Waals surface area (Å²) in [5.74, 6) is -0.274. The third-order valence-electron chi connectivity index (χ3n) is 4.10. The molecule has 4 nitrogen and oxygen atoms in total. The highest BCUT2D eigenvalue weighted by molar-refractivity contribution is 7.15. The first-order chi connectivity index (χ1) is 11.1. The Kier molecular flexibility index (Phi) is 5.18. The number of piperidine rings is 1. The third-order valence-corrected chi connectivity index (χ3v) is 5.15. The predicted molar refractivity (Wildman–Crippen MR) is 94.6 cm³/mol. The van der Waals surface area contributed by atoms with E-state index in [4.69, 9.17) is 0 Å². The van der Waals surface area contributed by atoms with Crippen LogP contribution >= 0.6 is 11.3 Å². The van der Waals surface area contributed by atoms with E-state index in [-0.39, 0.29) is 5.82 Å². The average molecular weight is 333 g/mol. The molecule has 0 amide bonds. The van der Waals surface area contributed by atoms with Gasteiger partial charge in [0.15, 0.2) is 5.13 Å². The Balaban J connectivity index is 1.73. The molecule has 23 heavy (non-hydrogen) atoms. The fraction of sp³-hybridized carbons (Fsp3) is 0.438. The Morgan fingerprint density at radius 2 is 1.96 bits per heavy atom. The fourth-order valence-electron chi connectivity index (χ4n) is 2.84. The van der Waals surface area contributed by atoms with Gasteiger partial charge in [0.05, 0.1) is 0 Å². The fourth-order valence-corrected chi connectivity index (χ4v) is 3.80. The molecule has 1 N–H and O–H groups in total. The number of aromatic nitrogens is 1. The van der Waals surface area contributed by atoms with Gasteiger partial charge in [-0.2, -0.15) is 0 Å². The van der Waals surface area contributed by atoms with E-state index < -0.39 is 7.05 Å². The minimum absolute atomic E-state index is 0.274. The lowest BCUT2D eigenvalue weighted by molar-refractivity contribution is 0.569. The Labute approximate surface area is 140 Å². The van der Waals surface area contributed by atoms with E-state index in [9.17, 15) is 9.41 Å². The van der Waals surface area contributed by atoms with Crippen molar-refractivity contribution in [3.8, 4) is 0 Å². The highest BCUT2D eigenvalue weighted by Crippen LogP contribution is 2.28. The zero-order valence-electron chi connectivity index (χ0n) is 13.3. The molecule has 0 saturated carbocycles. The second-order valence-corrected chi connectivity index (χ2v) is 6.99. The number of nitrogens with zero attached hydrogens (tertiary/aromatic N) is 3. The van der Waals surface area contributed by atoms with Crippen LogP contribution in [0.4, 0.5) is 15.2 Å². The molecule has 7 heteroatoms. The molecule has 0 spiro atoms. The molecular weight excluding hydrogens is 312 g/mol. The number of anilines is 2. The van der Waals surface area contributed by atoms with Crippen molar-refractivity contribution < 1.29 is 9.41 Å². The molecule has 122 valence electrons. The van der Waals surface area contributed by atoms with Crippen molar-refractivity contribution in [3.05, 3.63) is 41.2 Å². The van der Waals surface area contributed by atoms with Gasteiger partial charge in [-0.05, 0) is 50.4 Å². The highest BCUT2D eigenvalue weighted by Gasteiger charge is 2.20. The molecule has 0 radical (unpaired) electrons. The predicted octanol–water partition coefficient (Wildman–Crippen LogP) is 3.39. The highest BCUT2D eigenvalue weighted by atomic mass is 32.1. The van der Waals surface area contributed by atoms with Crippen LogP contribution in [-0.4, -0.2) is 30.1 Å². The quantitative estimate of drug-likeness (QED) is 0.852. The molecule has 2 aromatic rings. The zero-order chi connectivity index (χ0) is 16.2. The van der Waals surface area contributed by atoms with Gasteiger partial charge >= 0.3 is 7.05 Å². The van der Waals surface area contributed by atoms with E-state index in [0.717, 1.165) is 28.8 Å². The van der Waals surface area contributed by atoms with E-state index in [2.05, 4.69) is 9.88 Å². The molecule has 0 unspecified atom stereocenters. The number of hydrogen-bond acceptors (Lipinski definition) is 5. The summed E-state index contributed by atoms with van der Waals surface area (Å²) in [4.78, 5) is 9.81. The summed E-state index contributed by atoms with van der Waals surface area (Å²) in [6, 6.07) is 6.20. The molecule has 1 fully saturated rings. The zero-order valence-corrected chi connectivity index (χ0v) is 14.1. The summed E-state index contributed by atoms with van der Waals surface area (Å²) >= 11 is 1.67. The minimum atomic E-state index is -0.652.